The molecule has 2 rings (SSSR count). The molecular formula is C15H23N. The smallest absolute Gasteiger partial charge is 0.0205 e. The van der Waals surface area contributed by atoms with Crippen LogP contribution in [0.3, 0.4) is 0 Å². The van der Waals surface area contributed by atoms with Gasteiger partial charge in [0.15, 0.2) is 0 Å². The summed E-state index contributed by atoms with van der Waals surface area (Å²) in [6.07, 6.45) is 2.60. The maximum atomic E-state index is 3.44. The summed E-state index contributed by atoms with van der Waals surface area (Å²) in [5.74, 6) is 0.823. The molecule has 0 saturated carbocycles. The summed E-state index contributed by atoms with van der Waals surface area (Å²) in [5, 5.41) is 3.44. The Bertz CT molecular complexity index is 335. The molecule has 0 spiro atoms. The van der Waals surface area contributed by atoms with Gasteiger partial charge in [-0.05, 0) is 24.8 Å². The molecule has 0 aliphatic carbocycles. The molecule has 0 aromatic heterocycles. The Hall–Kier alpha value is -0.820. The topological polar surface area (TPSA) is 12.0 Å². The van der Waals surface area contributed by atoms with E-state index < -0.39 is 0 Å². The molecule has 1 aliphatic heterocycles. The number of hydrogen-bond acceptors (Lipinski definition) is 1. The van der Waals surface area contributed by atoms with Crippen LogP contribution < -0.4 is 5.32 Å². The average molecular weight is 217 g/mol. The first-order chi connectivity index (χ1) is 7.66. The Morgan fingerprint density at radius 2 is 1.88 bits per heavy atom. The van der Waals surface area contributed by atoms with Crippen molar-refractivity contribution < 1.29 is 0 Å². The predicted octanol–water partition coefficient (Wildman–Crippen LogP) is 3.27. The average Bonchev–Trinajstić information content (AvgIpc) is 2.24. The lowest BCUT2D eigenvalue weighted by atomic mass is 9.69. The Kier molecular flexibility index (Phi) is 3.34. The molecule has 1 nitrogen and oxygen atoms in total. The Balaban J connectivity index is 2.17. The van der Waals surface area contributed by atoms with Crippen LogP contribution in [0.1, 0.15) is 37.8 Å². The fourth-order valence-corrected chi connectivity index (χ4v) is 2.61. The first-order valence-electron chi connectivity index (χ1n) is 6.44. The van der Waals surface area contributed by atoms with Crippen molar-refractivity contribution in [1.29, 1.82) is 0 Å². The maximum Gasteiger partial charge on any atom is 0.0205 e. The standard InChI is InChI=1S/C15H23N/c1-4-12(2)9-15(10-16-11-15)14-7-5-13(3)6-8-14/h5-8,12,16H,4,9-11H2,1-3H3. The van der Waals surface area contributed by atoms with Gasteiger partial charge < -0.3 is 5.32 Å². The van der Waals surface area contributed by atoms with Crippen molar-refractivity contribution in [1.82, 2.24) is 5.32 Å². The number of rotatable bonds is 4. The molecule has 1 saturated heterocycles. The van der Waals surface area contributed by atoms with Gasteiger partial charge in [-0.25, -0.2) is 0 Å². The van der Waals surface area contributed by atoms with E-state index in [4.69, 9.17) is 0 Å². The lowest BCUT2D eigenvalue weighted by Gasteiger charge is -2.45. The summed E-state index contributed by atoms with van der Waals surface area (Å²) in [6.45, 7) is 9.12. The van der Waals surface area contributed by atoms with Crippen LogP contribution in [0.4, 0.5) is 0 Å². The summed E-state index contributed by atoms with van der Waals surface area (Å²) in [6, 6.07) is 9.12. The van der Waals surface area contributed by atoms with Crippen LogP contribution >= 0.6 is 0 Å². The fraction of sp³-hybridized carbons (Fsp3) is 0.600. The largest absolute Gasteiger partial charge is 0.315 e. The summed E-state index contributed by atoms with van der Waals surface area (Å²) >= 11 is 0. The number of aryl methyl sites for hydroxylation is 1. The summed E-state index contributed by atoms with van der Waals surface area (Å²) in [5.41, 5.74) is 3.30. The highest BCUT2D eigenvalue weighted by Crippen LogP contribution is 2.35. The van der Waals surface area contributed by atoms with Gasteiger partial charge in [-0.3, -0.25) is 0 Å². The first kappa shape index (κ1) is 11.7. The second-order valence-electron chi connectivity index (χ2n) is 5.47. The van der Waals surface area contributed by atoms with E-state index in [1.807, 2.05) is 0 Å². The van der Waals surface area contributed by atoms with Gasteiger partial charge in [0.2, 0.25) is 0 Å². The summed E-state index contributed by atoms with van der Waals surface area (Å²) in [4.78, 5) is 0. The van der Waals surface area contributed by atoms with Crippen LogP contribution in [-0.4, -0.2) is 13.1 Å². The predicted molar refractivity (Wildman–Crippen MR) is 69.8 cm³/mol. The highest BCUT2D eigenvalue weighted by atomic mass is 15.0. The van der Waals surface area contributed by atoms with E-state index in [0.717, 1.165) is 19.0 Å². The molecule has 1 fully saturated rings. The summed E-state index contributed by atoms with van der Waals surface area (Å²) < 4.78 is 0. The van der Waals surface area contributed by atoms with E-state index in [9.17, 15) is 0 Å². The molecule has 1 aliphatic rings. The highest BCUT2D eigenvalue weighted by molar-refractivity contribution is 5.32. The SMILES string of the molecule is CCC(C)CC1(c2ccc(C)cc2)CNC1. The van der Waals surface area contributed by atoms with Crippen LogP contribution in [0.15, 0.2) is 24.3 Å². The van der Waals surface area contributed by atoms with Gasteiger partial charge in [0.25, 0.3) is 0 Å². The van der Waals surface area contributed by atoms with Crippen molar-refractivity contribution in [3.05, 3.63) is 35.4 Å². The second kappa shape index (κ2) is 4.58. The molecule has 1 heterocycles. The normalized spacial score (nSPS) is 20.2. The third-order valence-corrected chi connectivity index (χ3v) is 4.03. The van der Waals surface area contributed by atoms with E-state index in [0.29, 0.717) is 5.41 Å². The zero-order valence-corrected chi connectivity index (χ0v) is 10.7. The van der Waals surface area contributed by atoms with Gasteiger partial charge in [-0.1, -0.05) is 50.1 Å². The quantitative estimate of drug-likeness (QED) is 0.816. The first-order valence-corrected chi connectivity index (χ1v) is 6.44. The molecule has 1 heteroatoms. The van der Waals surface area contributed by atoms with Crippen molar-refractivity contribution in [3.63, 3.8) is 0 Å². The van der Waals surface area contributed by atoms with Crippen molar-refractivity contribution in [2.24, 2.45) is 5.92 Å². The third-order valence-electron chi connectivity index (χ3n) is 4.03. The Morgan fingerprint density at radius 3 is 2.31 bits per heavy atom. The maximum absolute atomic E-state index is 3.44. The fourth-order valence-electron chi connectivity index (χ4n) is 2.61. The number of benzene rings is 1. The van der Waals surface area contributed by atoms with Gasteiger partial charge in [0, 0.05) is 18.5 Å². The molecule has 88 valence electrons. The lowest BCUT2D eigenvalue weighted by Crippen LogP contribution is -2.57. The van der Waals surface area contributed by atoms with Crippen LogP contribution in [0.2, 0.25) is 0 Å². The van der Waals surface area contributed by atoms with Gasteiger partial charge in [0.1, 0.15) is 0 Å². The minimum absolute atomic E-state index is 0.420. The van der Waals surface area contributed by atoms with Gasteiger partial charge in [0.05, 0.1) is 0 Å². The van der Waals surface area contributed by atoms with Crippen molar-refractivity contribution in [2.75, 3.05) is 13.1 Å². The Labute approximate surface area is 99.3 Å². The molecule has 1 unspecified atom stereocenters. The van der Waals surface area contributed by atoms with Crippen LogP contribution in [0.5, 0.6) is 0 Å². The van der Waals surface area contributed by atoms with Gasteiger partial charge in [-0.2, -0.15) is 0 Å². The second-order valence-corrected chi connectivity index (χ2v) is 5.47. The van der Waals surface area contributed by atoms with Crippen LogP contribution in [0, 0.1) is 12.8 Å². The van der Waals surface area contributed by atoms with Crippen molar-refractivity contribution in [2.45, 2.75) is 39.0 Å². The minimum Gasteiger partial charge on any atom is -0.315 e. The van der Waals surface area contributed by atoms with Gasteiger partial charge in [-0.15, -0.1) is 0 Å². The van der Waals surface area contributed by atoms with Crippen LogP contribution in [-0.2, 0) is 5.41 Å². The van der Waals surface area contributed by atoms with E-state index >= 15 is 0 Å². The number of nitrogens with one attached hydrogen (secondary N) is 1. The zero-order valence-electron chi connectivity index (χ0n) is 10.7. The molecule has 1 N–H and O–H groups in total. The summed E-state index contributed by atoms with van der Waals surface area (Å²) in [7, 11) is 0. The van der Waals surface area contributed by atoms with E-state index in [-0.39, 0.29) is 0 Å². The molecule has 1 aromatic rings. The van der Waals surface area contributed by atoms with Crippen LogP contribution in [0.25, 0.3) is 0 Å². The highest BCUT2D eigenvalue weighted by Gasteiger charge is 2.39. The number of hydrogen-bond donors (Lipinski definition) is 1. The van der Waals surface area contributed by atoms with E-state index in [1.54, 1.807) is 0 Å². The molecule has 0 amide bonds. The third kappa shape index (κ3) is 2.15. The monoisotopic (exact) mass is 217 g/mol. The molecule has 0 radical (unpaired) electrons. The van der Waals surface area contributed by atoms with E-state index in [2.05, 4.69) is 50.4 Å². The molecule has 16 heavy (non-hydrogen) atoms. The van der Waals surface area contributed by atoms with Crippen molar-refractivity contribution in [3.8, 4) is 0 Å². The lowest BCUT2D eigenvalue weighted by molar-refractivity contribution is 0.221. The van der Waals surface area contributed by atoms with Gasteiger partial charge >= 0.3 is 0 Å². The minimum atomic E-state index is 0.420. The molecule has 1 atom stereocenters. The van der Waals surface area contributed by atoms with Crippen molar-refractivity contribution >= 4 is 0 Å². The molecule has 1 aromatic carbocycles. The zero-order chi connectivity index (χ0) is 11.6. The molecule has 0 bridgehead atoms. The molecular weight excluding hydrogens is 194 g/mol. The Morgan fingerprint density at radius 1 is 1.25 bits per heavy atom. The van der Waals surface area contributed by atoms with E-state index in [1.165, 1.54) is 24.0 Å².